The van der Waals surface area contributed by atoms with Crippen molar-refractivity contribution in [1.82, 2.24) is 15.1 Å². The molecule has 2 heterocycles. The van der Waals surface area contributed by atoms with E-state index in [9.17, 15) is 4.79 Å². The van der Waals surface area contributed by atoms with Crippen molar-refractivity contribution in [2.75, 3.05) is 52.4 Å². The van der Waals surface area contributed by atoms with Gasteiger partial charge in [-0.05, 0) is 25.1 Å². The summed E-state index contributed by atoms with van der Waals surface area (Å²) in [5, 5.41) is 3.28. The van der Waals surface area contributed by atoms with Crippen molar-refractivity contribution in [3.63, 3.8) is 0 Å². The van der Waals surface area contributed by atoms with E-state index in [1.807, 2.05) is 29.2 Å². The number of ether oxygens (including phenoxy) is 2. The highest BCUT2D eigenvalue weighted by molar-refractivity contribution is 5.85. The zero-order chi connectivity index (χ0) is 17.5. The van der Waals surface area contributed by atoms with E-state index in [-0.39, 0.29) is 24.4 Å². The first-order chi connectivity index (χ1) is 12.3. The number of para-hydroxylation sites is 2. The van der Waals surface area contributed by atoms with Crippen LogP contribution in [0.3, 0.4) is 0 Å². The number of carbonyl (C=O) groups excluding carboxylic acids is 1. The third-order valence-electron chi connectivity index (χ3n) is 4.68. The molecule has 6 nitrogen and oxygen atoms in total. The first kappa shape index (κ1) is 20.8. The average molecular weight is 384 g/mol. The van der Waals surface area contributed by atoms with Crippen molar-refractivity contribution in [2.24, 2.45) is 0 Å². The van der Waals surface area contributed by atoms with Gasteiger partial charge in [0, 0.05) is 45.7 Å². The molecule has 2 aliphatic rings. The summed E-state index contributed by atoms with van der Waals surface area (Å²) in [6.45, 7) is 8.70. The minimum atomic E-state index is 0. The maximum atomic E-state index is 12.4. The van der Waals surface area contributed by atoms with Gasteiger partial charge in [-0.1, -0.05) is 19.1 Å². The fraction of sp³-hybridized carbons (Fsp3) is 0.632. The van der Waals surface area contributed by atoms with Gasteiger partial charge in [0.05, 0.1) is 0 Å². The second-order valence-corrected chi connectivity index (χ2v) is 6.68. The Morgan fingerprint density at radius 2 is 1.96 bits per heavy atom. The largest absolute Gasteiger partial charge is 0.486 e. The molecular formula is C19H30ClN3O3. The number of nitrogens with one attached hydrogen (secondary N) is 1. The maximum Gasteiger partial charge on any atom is 0.223 e. The van der Waals surface area contributed by atoms with E-state index in [4.69, 9.17) is 9.47 Å². The standard InChI is InChI=1S/C19H29N3O3.ClH/c1-2-10-21(11-7-19(23)22-12-8-20-9-13-22)14-16-15-24-17-5-3-4-6-18(17)25-16;/h3-6,16,20H,2,7-15H2,1H3;1H. The van der Waals surface area contributed by atoms with E-state index in [1.54, 1.807) is 0 Å². The highest BCUT2D eigenvalue weighted by Gasteiger charge is 2.24. The number of benzene rings is 1. The van der Waals surface area contributed by atoms with Crippen molar-refractivity contribution in [2.45, 2.75) is 25.9 Å². The van der Waals surface area contributed by atoms with Crippen LogP contribution in [0, 0.1) is 0 Å². The third kappa shape index (κ3) is 5.76. The van der Waals surface area contributed by atoms with Gasteiger partial charge in [0.25, 0.3) is 0 Å². The van der Waals surface area contributed by atoms with Crippen molar-refractivity contribution in [1.29, 1.82) is 0 Å². The van der Waals surface area contributed by atoms with E-state index < -0.39 is 0 Å². The molecule has 1 unspecified atom stereocenters. The van der Waals surface area contributed by atoms with Crippen LogP contribution < -0.4 is 14.8 Å². The molecule has 1 aromatic carbocycles. The van der Waals surface area contributed by atoms with Gasteiger partial charge in [0.2, 0.25) is 5.91 Å². The monoisotopic (exact) mass is 383 g/mol. The van der Waals surface area contributed by atoms with Crippen LogP contribution in [0.4, 0.5) is 0 Å². The lowest BCUT2D eigenvalue weighted by Crippen LogP contribution is -2.47. The number of rotatable bonds is 7. The molecule has 26 heavy (non-hydrogen) atoms. The topological polar surface area (TPSA) is 54.0 Å². The van der Waals surface area contributed by atoms with E-state index >= 15 is 0 Å². The Bertz CT molecular complexity index is 567. The molecule has 0 bridgehead atoms. The van der Waals surface area contributed by atoms with Crippen LogP contribution in [0.5, 0.6) is 11.5 Å². The number of hydrogen-bond donors (Lipinski definition) is 1. The molecule has 1 saturated heterocycles. The highest BCUT2D eigenvalue weighted by atomic mass is 35.5. The smallest absolute Gasteiger partial charge is 0.223 e. The molecule has 1 fully saturated rings. The summed E-state index contributed by atoms with van der Waals surface area (Å²) >= 11 is 0. The van der Waals surface area contributed by atoms with Crippen molar-refractivity contribution < 1.29 is 14.3 Å². The molecule has 0 radical (unpaired) electrons. The Hall–Kier alpha value is -1.50. The van der Waals surface area contributed by atoms with E-state index in [2.05, 4.69) is 17.1 Å². The predicted molar refractivity (Wildman–Crippen MR) is 104 cm³/mol. The molecule has 0 spiro atoms. The van der Waals surface area contributed by atoms with Crippen molar-refractivity contribution in [3.8, 4) is 11.5 Å². The van der Waals surface area contributed by atoms with Crippen LogP contribution in [-0.2, 0) is 4.79 Å². The molecule has 1 N–H and O–H groups in total. The van der Waals surface area contributed by atoms with Crippen LogP contribution in [0.1, 0.15) is 19.8 Å². The first-order valence-electron chi connectivity index (χ1n) is 9.35. The number of hydrogen-bond acceptors (Lipinski definition) is 5. The van der Waals surface area contributed by atoms with Crippen molar-refractivity contribution in [3.05, 3.63) is 24.3 Å². The Balaban J connectivity index is 0.00000243. The van der Waals surface area contributed by atoms with Crippen LogP contribution >= 0.6 is 12.4 Å². The normalized spacial score (nSPS) is 19.2. The predicted octanol–water partition coefficient (Wildman–Crippen LogP) is 1.78. The second kappa shape index (κ2) is 10.6. The number of amides is 1. The molecule has 3 rings (SSSR count). The molecular weight excluding hydrogens is 354 g/mol. The average Bonchev–Trinajstić information content (AvgIpc) is 2.66. The van der Waals surface area contributed by atoms with Gasteiger partial charge in [-0.25, -0.2) is 0 Å². The minimum absolute atomic E-state index is 0. The lowest BCUT2D eigenvalue weighted by molar-refractivity contribution is -0.132. The summed E-state index contributed by atoms with van der Waals surface area (Å²) in [4.78, 5) is 16.7. The molecule has 1 aromatic rings. The van der Waals surface area contributed by atoms with Gasteiger partial charge in [-0.15, -0.1) is 12.4 Å². The molecule has 7 heteroatoms. The van der Waals surface area contributed by atoms with Gasteiger partial charge in [0.1, 0.15) is 12.7 Å². The summed E-state index contributed by atoms with van der Waals surface area (Å²) in [5.41, 5.74) is 0. The Kier molecular flexibility index (Phi) is 8.48. The molecule has 1 atom stereocenters. The zero-order valence-corrected chi connectivity index (χ0v) is 16.3. The molecule has 0 aliphatic carbocycles. The third-order valence-corrected chi connectivity index (χ3v) is 4.68. The summed E-state index contributed by atoms with van der Waals surface area (Å²) in [5.74, 6) is 1.88. The summed E-state index contributed by atoms with van der Waals surface area (Å²) in [6, 6.07) is 7.79. The molecule has 2 aliphatic heterocycles. The van der Waals surface area contributed by atoms with Gasteiger partial charge in [-0.3, -0.25) is 9.69 Å². The van der Waals surface area contributed by atoms with E-state index in [0.717, 1.165) is 63.7 Å². The summed E-state index contributed by atoms with van der Waals surface area (Å²) < 4.78 is 11.9. The zero-order valence-electron chi connectivity index (χ0n) is 15.5. The Morgan fingerprint density at radius 3 is 2.69 bits per heavy atom. The highest BCUT2D eigenvalue weighted by Crippen LogP contribution is 2.31. The molecule has 1 amide bonds. The quantitative estimate of drug-likeness (QED) is 0.777. The van der Waals surface area contributed by atoms with Crippen LogP contribution in [0.15, 0.2) is 24.3 Å². The fourth-order valence-electron chi connectivity index (χ4n) is 3.38. The van der Waals surface area contributed by atoms with Crippen LogP contribution in [0.25, 0.3) is 0 Å². The van der Waals surface area contributed by atoms with Gasteiger partial charge >= 0.3 is 0 Å². The SMILES string of the molecule is CCCN(CCC(=O)N1CCNCC1)CC1COc2ccccc2O1.Cl. The summed E-state index contributed by atoms with van der Waals surface area (Å²) in [7, 11) is 0. The lowest BCUT2D eigenvalue weighted by atomic mass is 10.2. The van der Waals surface area contributed by atoms with Gasteiger partial charge in [0.15, 0.2) is 11.5 Å². The van der Waals surface area contributed by atoms with Gasteiger partial charge in [-0.2, -0.15) is 0 Å². The Labute approximate surface area is 162 Å². The van der Waals surface area contributed by atoms with Crippen molar-refractivity contribution >= 4 is 18.3 Å². The van der Waals surface area contributed by atoms with E-state index in [0.29, 0.717) is 13.0 Å². The molecule has 0 aromatic heterocycles. The lowest BCUT2D eigenvalue weighted by Gasteiger charge is -2.32. The number of nitrogens with zero attached hydrogens (tertiary/aromatic N) is 2. The number of piperazine rings is 1. The number of carbonyl (C=O) groups is 1. The molecule has 0 saturated carbocycles. The second-order valence-electron chi connectivity index (χ2n) is 6.68. The molecule has 146 valence electrons. The van der Waals surface area contributed by atoms with Crippen LogP contribution in [-0.4, -0.2) is 74.2 Å². The number of halogens is 1. The number of fused-ring (bicyclic) bond motifs is 1. The van der Waals surface area contributed by atoms with Crippen LogP contribution in [0.2, 0.25) is 0 Å². The summed E-state index contributed by atoms with van der Waals surface area (Å²) in [6.07, 6.45) is 1.65. The van der Waals surface area contributed by atoms with Gasteiger partial charge < -0.3 is 19.7 Å². The Morgan fingerprint density at radius 1 is 1.23 bits per heavy atom. The fourth-order valence-corrected chi connectivity index (χ4v) is 3.38. The maximum absolute atomic E-state index is 12.4. The first-order valence-corrected chi connectivity index (χ1v) is 9.35. The van der Waals surface area contributed by atoms with E-state index in [1.165, 1.54) is 0 Å². The minimum Gasteiger partial charge on any atom is -0.486 e.